The number of amides is 1. The molecule has 0 aliphatic heterocycles. The Bertz CT molecular complexity index is 436. The van der Waals surface area contributed by atoms with Gasteiger partial charge in [-0.1, -0.05) is 13.0 Å². The van der Waals surface area contributed by atoms with Crippen molar-refractivity contribution in [1.82, 2.24) is 10.6 Å². The molecule has 0 spiro atoms. The van der Waals surface area contributed by atoms with Crippen LogP contribution in [0.15, 0.2) is 18.2 Å². The minimum Gasteiger partial charge on any atom is -0.493 e. The fourth-order valence-corrected chi connectivity index (χ4v) is 1.88. The minimum atomic E-state index is 0.0913. The summed E-state index contributed by atoms with van der Waals surface area (Å²) in [4.78, 5) is 11.4. The SMILES string of the molecule is CCCNC(=O)CCNCc1ccc(OCC)c(OC)c1. The quantitative estimate of drug-likeness (QED) is 0.649. The monoisotopic (exact) mass is 294 g/mol. The van der Waals surface area contributed by atoms with Crippen molar-refractivity contribution in [2.75, 3.05) is 26.8 Å². The predicted molar refractivity (Wildman–Crippen MR) is 83.8 cm³/mol. The van der Waals surface area contributed by atoms with Crippen LogP contribution in [0, 0.1) is 0 Å². The van der Waals surface area contributed by atoms with Gasteiger partial charge in [-0.25, -0.2) is 0 Å². The summed E-state index contributed by atoms with van der Waals surface area (Å²) in [6.45, 7) is 6.70. The molecule has 0 saturated carbocycles. The molecule has 0 heterocycles. The summed E-state index contributed by atoms with van der Waals surface area (Å²) < 4.78 is 10.8. The van der Waals surface area contributed by atoms with Gasteiger partial charge in [0.15, 0.2) is 11.5 Å². The maximum Gasteiger partial charge on any atom is 0.221 e. The Kier molecular flexibility index (Phi) is 8.28. The van der Waals surface area contributed by atoms with Crippen LogP contribution in [0.3, 0.4) is 0 Å². The summed E-state index contributed by atoms with van der Waals surface area (Å²) in [7, 11) is 1.63. The average Bonchev–Trinajstić information content (AvgIpc) is 2.50. The standard InChI is InChI=1S/C16H26N2O3/c1-4-9-18-16(19)8-10-17-12-13-6-7-14(21-5-2)15(11-13)20-3/h6-7,11,17H,4-5,8-10,12H2,1-3H3,(H,18,19). The smallest absolute Gasteiger partial charge is 0.221 e. The molecule has 1 amide bonds. The van der Waals surface area contributed by atoms with E-state index in [1.807, 2.05) is 32.0 Å². The predicted octanol–water partition coefficient (Wildman–Crippen LogP) is 2.10. The van der Waals surface area contributed by atoms with E-state index in [0.717, 1.165) is 30.0 Å². The van der Waals surface area contributed by atoms with Crippen molar-refractivity contribution in [3.8, 4) is 11.5 Å². The van der Waals surface area contributed by atoms with Gasteiger partial charge in [-0.15, -0.1) is 0 Å². The van der Waals surface area contributed by atoms with E-state index in [-0.39, 0.29) is 5.91 Å². The van der Waals surface area contributed by atoms with Gasteiger partial charge in [-0.2, -0.15) is 0 Å². The van der Waals surface area contributed by atoms with Crippen LogP contribution in [0.1, 0.15) is 32.3 Å². The molecule has 0 fully saturated rings. The van der Waals surface area contributed by atoms with Crippen molar-refractivity contribution in [1.29, 1.82) is 0 Å². The molecule has 1 aromatic rings. The second-order valence-corrected chi connectivity index (χ2v) is 4.69. The highest BCUT2D eigenvalue weighted by atomic mass is 16.5. The van der Waals surface area contributed by atoms with Crippen molar-refractivity contribution in [3.05, 3.63) is 23.8 Å². The Labute approximate surface area is 127 Å². The number of benzene rings is 1. The first-order valence-corrected chi connectivity index (χ1v) is 7.48. The molecule has 0 aliphatic carbocycles. The normalized spacial score (nSPS) is 10.2. The van der Waals surface area contributed by atoms with E-state index in [1.165, 1.54) is 0 Å². The zero-order chi connectivity index (χ0) is 15.5. The second kappa shape index (κ2) is 10.0. The molecule has 5 nitrogen and oxygen atoms in total. The topological polar surface area (TPSA) is 59.6 Å². The van der Waals surface area contributed by atoms with Crippen molar-refractivity contribution < 1.29 is 14.3 Å². The molecule has 21 heavy (non-hydrogen) atoms. The first-order valence-electron chi connectivity index (χ1n) is 7.48. The Hall–Kier alpha value is -1.75. The number of methoxy groups -OCH3 is 1. The van der Waals surface area contributed by atoms with Gasteiger partial charge < -0.3 is 20.1 Å². The molecule has 0 aromatic heterocycles. The third-order valence-corrected chi connectivity index (χ3v) is 2.96. The number of hydrogen-bond acceptors (Lipinski definition) is 4. The van der Waals surface area contributed by atoms with Gasteiger partial charge in [0.05, 0.1) is 13.7 Å². The van der Waals surface area contributed by atoms with Crippen molar-refractivity contribution in [2.24, 2.45) is 0 Å². The van der Waals surface area contributed by atoms with Gasteiger partial charge in [0.1, 0.15) is 0 Å². The number of carbonyl (C=O) groups excluding carboxylic acids is 1. The van der Waals surface area contributed by atoms with Crippen LogP contribution < -0.4 is 20.1 Å². The summed E-state index contributed by atoms with van der Waals surface area (Å²) in [5.74, 6) is 1.58. The molecule has 2 N–H and O–H groups in total. The van der Waals surface area contributed by atoms with E-state index in [4.69, 9.17) is 9.47 Å². The van der Waals surface area contributed by atoms with E-state index in [0.29, 0.717) is 26.1 Å². The lowest BCUT2D eigenvalue weighted by Crippen LogP contribution is -2.28. The molecule has 1 aromatic carbocycles. The fourth-order valence-electron chi connectivity index (χ4n) is 1.88. The maximum absolute atomic E-state index is 11.4. The summed E-state index contributed by atoms with van der Waals surface area (Å²) in [5.41, 5.74) is 1.10. The highest BCUT2D eigenvalue weighted by molar-refractivity contribution is 5.75. The zero-order valence-electron chi connectivity index (χ0n) is 13.2. The summed E-state index contributed by atoms with van der Waals surface area (Å²) in [6.07, 6.45) is 1.46. The van der Waals surface area contributed by atoms with Crippen LogP contribution in [0.2, 0.25) is 0 Å². The Morgan fingerprint density at radius 2 is 2.00 bits per heavy atom. The van der Waals surface area contributed by atoms with Crippen LogP contribution in [0.25, 0.3) is 0 Å². The third-order valence-electron chi connectivity index (χ3n) is 2.96. The fraction of sp³-hybridized carbons (Fsp3) is 0.562. The second-order valence-electron chi connectivity index (χ2n) is 4.69. The maximum atomic E-state index is 11.4. The largest absolute Gasteiger partial charge is 0.493 e. The first-order chi connectivity index (χ1) is 10.2. The summed E-state index contributed by atoms with van der Waals surface area (Å²) >= 11 is 0. The molecular weight excluding hydrogens is 268 g/mol. The molecule has 118 valence electrons. The molecule has 0 bridgehead atoms. The van der Waals surface area contributed by atoms with Gasteiger partial charge in [0, 0.05) is 26.1 Å². The van der Waals surface area contributed by atoms with Crippen LogP contribution in [-0.2, 0) is 11.3 Å². The lowest BCUT2D eigenvalue weighted by Gasteiger charge is -2.11. The highest BCUT2D eigenvalue weighted by Gasteiger charge is 2.05. The summed E-state index contributed by atoms with van der Waals surface area (Å²) in [6, 6.07) is 5.86. The molecule has 0 atom stereocenters. The van der Waals surface area contributed by atoms with Gasteiger partial charge >= 0.3 is 0 Å². The van der Waals surface area contributed by atoms with Crippen LogP contribution >= 0.6 is 0 Å². The Morgan fingerprint density at radius 3 is 2.67 bits per heavy atom. The van der Waals surface area contributed by atoms with Gasteiger partial charge in [-0.05, 0) is 31.0 Å². The number of ether oxygens (including phenoxy) is 2. The van der Waals surface area contributed by atoms with Crippen molar-refractivity contribution >= 4 is 5.91 Å². The van der Waals surface area contributed by atoms with Crippen molar-refractivity contribution in [3.63, 3.8) is 0 Å². The van der Waals surface area contributed by atoms with E-state index in [2.05, 4.69) is 10.6 Å². The highest BCUT2D eigenvalue weighted by Crippen LogP contribution is 2.27. The van der Waals surface area contributed by atoms with Gasteiger partial charge in [0.2, 0.25) is 5.91 Å². The zero-order valence-corrected chi connectivity index (χ0v) is 13.2. The molecule has 0 unspecified atom stereocenters. The Morgan fingerprint density at radius 1 is 1.19 bits per heavy atom. The van der Waals surface area contributed by atoms with Crippen LogP contribution in [-0.4, -0.2) is 32.7 Å². The molecular formula is C16H26N2O3. The number of nitrogens with one attached hydrogen (secondary N) is 2. The molecule has 0 saturated heterocycles. The molecule has 5 heteroatoms. The summed E-state index contributed by atoms with van der Waals surface area (Å²) in [5, 5.41) is 6.11. The van der Waals surface area contributed by atoms with E-state index >= 15 is 0 Å². The van der Waals surface area contributed by atoms with E-state index < -0.39 is 0 Å². The van der Waals surface area contributed by atoms with Crippen LogP contribution in [0.4, 0.5) is 0 Å². The Balaban J connectivity index is 2.36. The van der Waals surface area contributed by atoms with Crippen LogP contribution in [0.5, 0.6) is 11.5 Å². The average molecular weight is 294 g/mol. The first kappa shape index (κ1) is 17.3. The third kappa shape index (κ3) is 6.49. The van der Waals surface area contributed by atoms with E-state index in [1.54, 1.807) is 7.11 Å². The molecule has 0 aliphatic rings. The lowest BCUT2D eigenvalue weighted by atomic mass is 10.2. The lowest BCUT2D eigenvalue weighted by molar-refractivity contribution is -0.120. The minimum absolute atomic E-state index is 0.0913. The van der Waals surface area contributed by atoms with Crippen molar-refractivity contribution in [2.45, 2.75) is 33.2 Å². The van der Waals surface area contributed by atoms with Gasteiger partial charge in [0.25, 0.3) is 0 Å². The molecule has 0 radical (unpaired) electrons. The number of rotatable bonds is 10. The number of hydrogen-bond donors (Lipinski definition) is 2. The number of carbonyl (C=O) groups is 1. The van der Waals surface area contributed by atoms with Gasteiger partial charge in [-0.3, -0.25) is 4.79 Å². The van der Waals surface area contributed by atoms with E-state index in [9.17, 15) is 4.79 Å². The molecule has 1 rings (SSSR count).